The molecule has 0 fully saturated rings. The summed E-state index contributed by atoms with van der Waals surface area (Å²) in [6, 6.07) is 18.3. The van der Waals surface area contributed by atoms with Crippen LogP contribution >= 0.6 is 11.3 Å². The van der Waals surface area contributed by atoms with Crippen LogP contribution in [-0.4, -0.2) is 38.0 Å². The first-order chi connectivity index (χ1) is 18.8. The molecule has 0 saturated heterocycles. The van der Waals surface area contributed by atoms with Crippen molar-refractivity contribution < 1.29 is 14.7 Å². The number of fused-ring (bicyclic) bond motifs is 1. The molecule has 9 heteroatoms. The molecule has 3 aromatic carbocycles. The zero-order valence-corrected chi connectivity index (χ0v) is 22.7. The first-order valence-corrected chi connectivity index (χ1v) is 13.4. The summed E-state index contributed by atoms with van der Waals surface area (Å²) in [6.07, 6.45) is 2.02. The quantitative estimate of drug-likeness (QED) is 0.192. The van der Waals surface area contributed by atoms with Crippen LogP contribution in [0.25, 0.3) is 21.6 Å². The summed E-state index contributed by atoms with van der Waals surface area (Å²) in [5.41, 5.74) is 6.89. The molecule has 0 radical (unpaired) electrons. The number of aliphatic carboxylic acids is 1. The maximum Gasteiger partial charge on any atom is 0.326 e. The molecule has 8 nitrogen and oxygen atoms in total. The van der Waals surface area contributed by atoms with Crippen LogP contribution in [0.1, 0.15) is 37.5 Å². The molecule has 0 spiro atoms. The van der Waals surface area contributed by atoms with E-state index in [1.54, 1.807) is 11.3 Å². The molecule has 0 aliphatic carbocycles. The van der Waals surface area contributed by atoms with E-state index in [0.717, 1.165) is 48.7 Å². The van der Waals surface area contributed by atoms with E-state index in [0.29, 0.717) is 18.1 Å². The van der Waals surface area contributed by atoms with Gasteiger partial charge in [0.1, 0.15) is 11.0 Å². The third-order valence-electron chi connectivity index (χ3n) is 6.52. The number of H-pyrrole nitrogens is 1. The van der Waals surface area contributed by atoms with Crippen molar-refractivity contribution in [1.82, 2.24) is 20.3 Å². The number of aryl methyl sites for hydroxylation is 3. The SMILES string of the molecule is Cc1cc(C)c(C(=O)NC(Cc2ccc(-c3ncc(CNc4nc5ccccc5[nH]4)s3)cc2)C(=O)O)c(C)c1. The fourth-order valence-corrected chi connectivity index (χ4v) is 5.58. The summed E-state index contributed by atoms with van der Waals surface area (Å²) >= 11 is 1.58. The Hall–Kier alpha value is -4.50. The van der Waals surface area contributed by atoms with Gasteiger partial charge in [-0.25, -0.2) is 14.8 Å². The third kappa shape index (κ3) is 5.99. The van der Waals surface area contributed by atoms with Crippen LogP contribution in [0.4, 0.5) is 5.95 Å². The number of imidazole rings is 1. The van der Waals surface area contributed by atoms with Crippen LogP contribution in [0, 0.1) is 20.8 Å². The van der Waals surface area contributed by atoms with E-state index < -0.39 is 12.0 Å². The summed E-state index contributed by atoms with van der Waals surface area (Å²) in [6.45, 7) is 6.29. The van der Waals surface area contributed by atoms with Gasteiger partial charge in [0.25, 0.3) is 5.91 Å². The Morgan fingerprint density at radius 2 is 1.74 bits per heavy atom. The van der Waals surface area contributed by atoms with Gasteiger partial charge in [0.05, 0.1) is 17.6 Å². The van der Waals surface area contributed by atoms with Gasteiger partial charge < -0.3 is 20.7 Å². The zero-order valence-electron chi connectivity index (χ0n) is 21.9. The number of hydrogen-bond donors (Lipinski definition) is 4. The first kappa shape index (κ1) is 26.1. The smallest absolute Gasteiger partial charge is 0.326 e. The minimum Gasteiger partial charge on any atom is -0.480 e. The second kappa shape index (κ2) is 11.1. The fraction of sp³-hybridized carbons (Fsp3) is 0.200. The molecule has 1 amide bonds. The van der Waals surface area contributed by atoms with Gasteiger partial charge in [-0.1, -0.05) is 54.1 Å². The monoisotopic (exact) mass is 539 g/mol. The molecule has 2 aromatic heterocycles. The number of carbonyl (C=O) groups is 2. The molecule has 0 aliphatic rings. The molecule has 0 bridgehead atoms. The van der Waals surface area contributed by atoms with E-state index in [1.165, 1.54) is 0 Å². The average molecular weight is 540 g/mol. The van der Waals surface area contributed by atoms with Gasteiger partial charge in [-0.3, -0.25) is 4.79 Å². The molecular formula is C30H29N5O3S. The number of aromatic nitrogens is 3. The van der Waals surface area contributed by atoms with E-state index in [4.69, 9.17) is 0 Å². The number of hydrogen-bond acceptors (Lipinski definition) is 6. The Bertz CT molecular complexity index is 1600. The normalized spacial score (nSPS) is 11.9. The maximum atomic E-state index is 12.9. The van der Waals surface area contributed by atoms with Crippen molar-refractivity contribution in [1.29, 1.82) is 0 Å². The summed E-state index contributed by atoms with van der Waals surface area (Å²) in [4.78, 5) is 38.3. The van der Waals surface area contributed by atoms with Crippen LogP contribution in [0.15, 0.2) is 66.9 Å². The van der Waals surface area contributed by atoms with E-state index in [9.17, 15) is 14.7 Å². The highest BCUT2D eigenvalue weighted by atomic mass is 32.1. The number of nitrogens with one attached hydrogen (secondary N) is 3. The molecular weight excluding hydrogens is 510 g/mol. The number of aromatic amines is 1. The Balaban J connectivity index is 1.22. The minimum atomic E-state index is -1.07. The Morgan fingerprint density at radius 1 is 1.03 bits per heavy atom. The summed E-state index contributed by atoms with van der Waals surface area (Å²) in [5, 5.41) is 16.7. The third-order valence-corrected chi connectivity index (χ3v) is 7.57. The molecule has 1 atom stereocenters. The highest BCUT2D eigenvalue weighted by Crippen LogP contribution is 2.26. The number of rotatable bonds is 9. The molecule has 5 aromatic rings. The lowest BCUT2D eigenvalue weighted by molar-refractivity contribution is -0.139. The number of benzene rings is 3. The topological polar surface area (TPSA) is 120 Å². The minimum absolute atomic E-state index is 0.176. The molecule has 2 heterocycles. The van der Waals surface area contributed by atoms with Crippen molar-refractivity contribution in [2.24, 2.45) is 0 Å². The molecule has 4 N–H and O–H groups in total. The second-order valence-corrected chi connectivity index (χ2v) is 10.7. The van der Waals surface area contributed by atoms with E-state index in [1.807, 2.05) is 87.6 Å². The summed E-state index contributed by atoms with van der Waals surface area (Å²) in [5.74, 6) is -0.736. The Kier molecular flexibility index (Phi) is 7.42. The largest absolute Gasteiger partial charge is 0.480 e. The van der Waals surface area contributed by atoms with Crippen LogP contribution in [-0.2, 0) is 17.8 Å². The molecule has 5 rings (SSSR count). The van der Waals surface area contributed by atoms with Crippen molar-refractivity contribution in [3.63, 3.8) is 0 Å². The number of carbonyl (C=O) groups excluding carboxylic acids is 1. The van der Waals surface area contributed by atoms with Crippen molar-refractivity contribution in [3.05, 3.63) is 99.6 Å². The number of thiazole rings is 1. The van der Waals surface area contributed by atoms with Crippen molar-refractivity contribution in [2.75, 3.05) is 5.32 Å². The summed E-state index contributed by atoms with van der Waals surface area (Å²) in [7, 11) is 0. The Labute approximate surface area is 230 Å². The average Bonchev–Trinajstić information content (AvgIpc) is 3.54. The van der Waals surface area contributed by atoms with Gasteiger partial charge in [-0.05, 0) is 49.6 Å². The number of para-hydroxylation sites is 2. The van der Waals surface area contributed by atoms with Crippen LogP contribution < -0.4 is 10.6 Å². The first-order valence-electron chi connectivity index (χ1n) is 12.6. The highest BCUT2D eigenvalue weighted by molar-refractivity contribution is 7.15. The van der Waals surface area contributed by atoms with Crippen molar-refractivity contribution in [3.8, 4) is 10.6 Å². The second-order valence-electron chi connectivity index (χ2n) is 9.63. The Morgan fingerprint density at radius 3 is 2.44 bits per heavy atom. The van der Waals surface area contributed by atoms with Crippen molar-refractivity contribution in [2.45, 2.75) is 39.8 Å². The zero-order chi connectivity index (χ0) is 27.5. The predicted molar refractivity (Wildman–Crippen MR) is 154 cm³/mol. The van der Waals surface area contributed by atoms with Crippen molar-refractivity contribution >= 4 is 40.2 Å². The number of amides is 1. The summed E-state index contributed by atoms with van der Waals surface area (Å²) < 4.78 is 0. The molecule has 1 unspecified atom stereocenters. The van der Waals surface area contributed by atoms with Crippen LogP contribution in [0.5, 0.6) is 0 Å². The number of carboxylic acid groups (broad SMARTS) is 1. The number of nitrogens with zero attached hydrogens (tertiary/aromatic N) is 2. The van der Waals surface area contributed by atoms with E-state index >= 15 is 0 Å². The standard InChI is InChI=1S/C30H29N5O3S/c1-17-12-18(2)26(19(3)13-17)27(36)33-25(29(37)38)14-20-8-10-21(11-9-20)28-31-15-22(39-28)16-32-30-34-23-6-4-5-7-24(23)35-30/h4-13,15,25H,14,16H2,1-3H3,(H,33,36)(H,37,38)(H2,32,34,35). The fourth-order valence-electron chi connectivity index (χ4n) is 4.72. The van der Waals surface area contributed by atoms with Gasteiger partial charge >= 0.3 is 5.97 Å². The molecule has 198 valence electrons. The van der Waals surface area contributed by atoms with Crippen LogP contribution in [0.2, 0.25) is 0 Å². The van der Waals surface area contributed by atoms with Gasteiger partial charge in [0.15, 0.2) is 0 Å². The lowest BCUT2D eigenvalue weighted by Crippen LogP contribution is -2.42. The highest BCUT2D eigenvalue weighted by Gasteiger charge is 2.23. The van der Waals surface area contributed by atoms with Gasteiger partial charge in [-0.2, -0.15) is 0 Å². The van der Waals surface area contributed by atoms with Gasteiger partial charge in [0.2, 0.25) is 5.95 Å². The molecule has 39 heavy (non-hydrogen) atoms. The maximum absolute atomic E-state index is 12.9. The van der Waals surface area contributed by atoms with Crippen LogP contribution in [0.3, 0.4) is 0 Å². The number of anilines is 1. The van der Waals surface area contributed by atoms with E-state index in [-0.39, 0.29) is 12.3 Å². The van der Waals surface area contributed by atoms with E-state index in [2.05, 4.69) is 25.6 Å². The molecule has 0 aliphatic heterocycles. The van der Waals surface area contributed by atoms with Gasteiger partial charge in [-0.15, -0.1) is 11.3 Å². The predicted octanol–water partition coefficient (Wildman–Crippen LogP) is 5.65. The molecule has 0 saturated carbocycles. The number of carboxylic acids is 1. The lowest BCUT2D eigenvalue weighted by atomic mass is 9.98. The lowest BCUT2D eigenvalue weighted by Gasteiger charge is -2.17. The van der Waals surface area contributed by atoms with Gasteiger partial charge in [0, 0.05) is 28.6 Å².